The lowest BCUT2D eigenvalue weighted by molar-refractivity contribution is 0.229. The van der Waals surface area contributed by atoms with Crippen LogP contribution in [0.5, 0.6) is 0 Å². The van der Waals surface area contributed by atoms with Gasteiger partial charge in [-0.05, 0) is 31.0 Å². The van der Waals surface area contributed by atoms with Crippen LogP contribution in [0.1, 0.15) is 45.2 Å². The predicted molar refractivity (Wildman–Crippen MR) is 79.6 cm³/mol. The molecule has 0 aliphatic carbocycles. The Kier molecular flexibility index (Phi) is 6.99. The van der Waals surface area contributed by atoms with Crippen molar-refractivity contribution in [3.05, 3.63) is 35.9 Å². The minimum atomic E-state index is 0.141. The van der Waals surface area contributed by atoms with Crippen molar-refractivity contribution >= 4 is 0 Å². The zero-order chi connectivity index (χ0) is 13.4. The van der Waals surface area contributed by atoms with Crippen LogP contribution in [0.25, 0.3) is 0 Å². The fourth-order valence-electron chi connectivity index (χ4n) is 2.28. The summed E-state index contributed by atoms with van der Waals surface area (Å²) in [6.45, 7) is 10.1. The van der Waals surface area contributed by atoms with Crippen molar-refractivity contribution in [2.24, 2.45) is 11.7 Å². The fourth-order valence-corrected chi connectivity index (χ4v) is 2.28. The summed E-state index contributed by atoms with van der Waals surface area (Å²) < 4.78 is 0. The lowest BCUT2D eigenvalue weighted by Gasteiger charge is -2.28. The maximum atomic E-state index is 6.34. The summed E-state index contributed by atoms with van der Waals surface area (Å²) in [6.07, 6.45) is 2.54. The number of hydrogen-bond acceptors (Lipinski definition) is 2. The molecule has 2 unspecified atom stereocenters. The molecule has 2 nitrogen and oxygen atoms in total. The summed E-state index contributed by atoms with van der Waals surface area (Å²) in [5.74, 6) is 0.490. The Bertz CT molecular complexity index is 310. The Morgan fingerprint density at radius 3 is 2.39 bits per heavy atom. The van der Waals surface area contributed by atoms with E-state index >= 15 is 0 Å². The van der Waals surface area contributed by atoms with Gasteiger partial charge in [-0.15, -0.1) is 0 Å². The van der Waals surface area contributed by atoms with E-state index in [1.807, 2.05) is 6.07 Å². The first-order valence-corrected chi connectivity index (χ1v) is 7.21. The van der Waals surface area contributed by atoms with Crippen molar-refractivity contribution in [1.29, 1.82) is 0 Å². The molecule has 0 aromatic heterocycles. The van der Waals surface area contributed by atoms with Gasteiger partial charge >= 0.3 is 0 Å². The van der Waals surface area contributed by atoms with E-state index in [1.165, 1.54) is 24.9 Å². The number of benzene rings is 1. The monoisotopic (exact) mass is 248 g/mol. The zero-order valence-electron chi connectivity index (χ0n) is 12.1. The average Bonchev–Trinajstić information content (AvgIpc) is 2.43. The van der Waals surface area contributed by atoms with Crippen LogP contribution in [0.3, 0.4) is 0 Å². The van der Waals surface area contributed by atoms with Crippen molar-refractivity contribution in [3.8, 4) is 0 Å². The van der Waals surface area contributed by atoms with E-state index in [0.717, 1.165) is 13.1 Å². The van der Waals surface area contributed by atoms with Crippen molar-refractivity contribution < 1.29 is 0 Å². The average molecular weight is 248 g/mol. The molecule has 1 aromatic rings. The number of rotatable bonds is 8. The second-order valence-electron chi connectivity index (χ2n) is 5.16. The molecule has 1 aromatic carbocycles. The lowest BCUT2D eigenvalue weighted by atomic mass is 9.95. The van der Waals surface area contributed by atoms with Crippen molar-refractivity contribution in [2.75, 3.05) is 19.6 Å². The van der Waals surface area contributed by atoms with Gasteiger partial charge in [0.05, 0.1) is 0 Å². The Morgan fingerprint density at radius 2 is 1.83 bits per heavy atom. The van der Waals surface area contributed by atoms with Gasteiger partial charge in [-0.2, -0.15) is 0 Å². The molecule has 0 radical (unpaired) electrons. The maximum absolute atomic E-state index is 6.34. The van der Waals surface area contributed by atoms with Gasteiger partial charge in [-0.3, -0.25) is 0 Å². The summed E-state index contributed by atoms with van der Waals surface area (Å²) in [5.41, 5.74) is 7.59. The van der Waals surface area contributed by atoms with Crippen LogP contribution in [0.2, 0.25) is 0 Å². The normalized spacial score (nSPS) is 14.7. The largest absolute Gasteiger partial charge is 0.324 e. The van der Waals surface area contributed by atoms with E-state index < -0.39 is 0 Å². The van der Waals surface area contributed by atoms with E-state index in [-0.39, 0.29) is 6.04 Å². The molecule has 0 amide bonds. The van der Waals surface area contributed by atoms with Crippen LogP contribution in [-0.2, 0) is 0 Å². The van der Waals surface area contributed by atoms with Crippen LogP contribution >= 0.6 is 0 Å². The highest BCUT2D eigenvalue weighted by molar-refractivity contribution is 5.19. The van der Waals surface area contributed by atoms with E-state index in [1.54, 1.807) is 0 Å². The van der Waals surface area contributed by atoms with E-state index in [2.05, 4.69) is 49.9 Å². The van der Waals surface area contributed by atoms with Crippen LogP contribution in [0, 0.1) is 5.92 Å². The highest BCUT2D eigenvalue weighted by Gasteiger charge is 2.17. The first-order valence-electron chi connectivity index (χ1n) is 7.21. The summed E-state index contributed by atoms with van der Waals surface area (Å²) in [7, 11) is 0. The van der Waals surface area contributed by atoms with Gasteiger partial charge in [0.25, 0.3) is 0 Å². The maximum Gasteiger partial charge on any atom is 0.0333 e. The second-order valence-corrected chi connectivity index (χ2v) is 5.16. The van der Waals surface area contributed by atoms with Gasteiger partial charge in [0, 0.05) is 12.6 Å². The Labute approximate surface area is 112 Å². The molecular weight excluding hydrogens is 220 g/mol. The van der Waals surface area contributed by atoms with Gasteiger partial charge in [-0.25, -0.2) is 0 Å². The molecule has 102 valence electrons. The SMILES string of the molecule is CCCCN(CC)CC(C)C(N)c1ccccc1. The molecule has 18 heavy (non-hydrogen) atoms. The third-order valence-electron chi connectivity index (χ3n) is 3.62. The molecular formula is C16H28N2. The molecule has 0 saturated carbocycles. The van der Waals surface area contributed by atoms with Gasteiger partial charge in [0.1, 0.15) is 0 Å². The number of nitrogens with zero attached hydrogens (tertiary/aromatic N) is 1. The molecule has 0 saturated heterocycles. The van der Waals surface area contributed by atoms with E-state index in [0.29, 0.717) is 5.92 Å². The van der Waals surface area contributed by atoms with Gasteiger partial charge < -0.3 is 10.6 Å². The number of nitrogens with two attached hydrogens (primary N) is 1. The smallest absolute Gasteiger partial charge is 0.0333 e. The number of hydrogen-bond donors (Lipinski definition) is 1. The molecule has 1 rings (SSSR count). The molecule has 0 aliphatic rings. The second kappa shape index (κ2) is 8.28. The minimum Gasteiger partial charge on any atom is -0.324 e. The minimum absolute atomic E-state index is 0.141. The first-order chi connectivity index (χ1) is 8.69. The van der Waals surface area contributed by atoms with Crippen molar-refractivity contribution in [1.82, 2.24) is 4.90 Å². The number of unbranched alkanes of at least 4 members (excludes halogenated alkanes) is 1. The summed E-state index contributed by atoms with van der Waals surface area (Å²) in [4.78, 5) is 2.51. The topological polar surface area (TPSA) is 29.3 Å². The zero-order valence-corrected chi connectivity index (χ0v) is 12.1. The molecule has 2 heteroatoms. The van der Waals surface area contributed by atoms with Gasteiger partial charge in [0.15, 0.2) is 0 Å². The fraction of sp³-hybridized carbons (Fsp3) is 0.625. The molecule has 0 heterocycles. The first kappa shape index (κ1) is 15.2. The van der Waals surface area contributed by atoms with E-state index in [9.17, 15) is 0 Å². The van der Waals surface area contributed by atoms with Crippen LogP contribution < -0.4 is 5.73 Å². The van der Waals surface area contributed by atoms with Gasteiger partial charge in [-0.1, -0.05) is 57.5 Å². The lowest BCUT2D eigenvalue weighted by Crippen LogP contribution is -2.34. The highest BCUT2D eigenvalue weighted by Crippen LogP contribution is 2.20. The van der Waals surface area contributed by atoms with Crippen LogP contribution in [-0.4, -0.2) is 24.5 Å². The molecule has 2 N–H and O–H groups in total. The predicted octanol–water partition coefficient (Wildman–Crippen LogP) is 3.44. The van der Waals surface area contributed by atoms with Crippen LogP contribution in [0.15, 0.2) is 30.3 Å². The standard InChI is InChI=1S/C16H28N2/c1-4-6-12-18(5-2)13-14(3)16(17)15-10-8-7-9-11-15/h7-11,14,16H,4-6,12-13,17H2,1-3H3. The molecule has 0 fully saturated rings. The molecule has 2 atom stereocenters. The van der Waals surface area contributed by atoms with Crippen molar-refractivity contribution in [2.45, 2.75) is 39.7 Å². The summed E-state index contributed by atoms with van der Waals surface area (Å²) >= 11 is 0. The Balaban J connectivity index is 2.50. The third-order valence-corrected chi connectivity index (χ3v) is 3.62. The Hall–Kier alpha value is -0.860. The van der Waals surface area contributed by atoms with E-state index in [4.69, 9.17) is 5.73 Å². The van der Waals surface area contributed by atoms with Crippen molar-refractivity contribution in [3.63, 3.8) is 0 Å². The molecule has 0 aliphatic heterocycles. The van der Waals surface area contributed by atoms with Crippen LogP contribution in [0.4, 0.5) is 0 Å². The molecule has 0 bridgehead atoms. The quantitative estimate of drug-likeness (QED) is 0.763. The van der Waals surface area contributed by atoms with Gasteiger partial charge in [0.2, 0.25) is 0 Å². The summed E-state index contributed by atoms with van der Waals surface area (Å²) in [6, 6.07) is 10.6. The Morgan fingerprint density at radius 1 is 1.17 bits per heavy atom. The third kappa shape index (κ3) is 4.79. The summed E-state index contributed by atoms with van der Waals surface area (Å²) in [5, 5.41) is 0. The highest BCUT2D eigenvalue weighted by atomic mass is 15.1. The molecule has 0 spiro atoms.